The largest absolute Gasteiger partial charge is 0.499 e. The maximum atomic E-state index is 12.3. The fourth-order valence-electron chi connectivity index (χ4n) is 5.51. The van der Waals surface area contributed by atoms with Gasteiger partial charge in [0.2, 0.25) is 0 Å². The number of amides is 1. The Balaban J connectivity index is 0.932. The van der Waals surface area contributed by atoms with E-state index in [0.29, 0.717) is 172 Å². The molecule has 0 aliphatic heterocycles. The molecule has 0 saturated heterocycles. The third kappa shape index (κ3) is 23.7. The van der Waals surface area contributed by atoms with Gasteiger partial charge < -0.3 is 66.9 Å². The Bertz CT molecular complexity index is 1230. The summed E-state index contributed by atoms with van der Waals surface area (Å²) < 4.78 is 70.8. The Morgan fingerprint density at radius 3 is 1.14 bits per heavy atom. The second kappa shape index (κ2) is 34.8. The van der Waals surface area contributed by atoms with E-state index >= 15 is 0 Å². The van der Waals surface area contributed by atoms with Gasteiger partial charge in [-0.3, -0.25) is 0 Å². The van der Waals surface area contributed by atoms with Crippen LogP contribution in [0, 0.1) is 0 Å². The van der Waals surface area contributed by atoms with Gasteiger partial charge in [0.15, 0.2) is 0 Å². The van der Waals surface area contributed by atoms with E-state index in [2.05, 4.69) is 36.2 Å². The second-order valence-electron chi connectivity index (χ2n) is 12.4. The van der Waals surface area contributed by atoms with Crippen LogP contribution in [0.2, 0.25) is 0 Å². The average molecular weight is 808 g/mol. The molecule has 2 aromatic carbocycles. The number of rotatable bonds is 40. The second-order valence-corrected chi connectivity index (χ2v) is 12.4. The van der Waals surface area contributed by atoms with Crippen LogP contribution in [0.25, 0.3) is 11.1 Å². The Kier molecular flexibility index (Phi) is 29.4. The molecule has 0 bridgehead atoms. The molecule has 1 aliphatic rings. The number of carbonyl (C=O) groups excluding carboxylic acids is 1. The topological polar surface area (TPSA) is 149 Å². The third-order valence-corrected chi connectivity index (χ3v) is 8.26. The molecule has 0 spiro atoms. The Morgan fingerprint density at radius 2 is 0.789 bits per heavy atom. The van der Waals surface area contributed by atoms with Crippen molar-refractivity contribution in [3.05, 3.63) is 72.5 Å². The number of fused-ring (bicyclic) bond motifs is 3. The molecule has 0 atom stereocenters. The number of carbonyl (C=O) groups is 1. The minimum absolute atomic E-state index is 0.0479. The molecule has 57 heavy (non-hydrogen) atoms. The molecule has 15 heteroatoms. The summed E-state index contributed by atoms with van der Waals surface area (Å²) in [7, 11) is 0. The van der Waals surface area contributed by atoms with Gasteiger partial charge in [-0.15, -0.1) is 0 Å². The lowest BCUT2D eigenvalue weighted by atomic mass is 9.98. The smallest absolute Gasteiger partial charge is 0.407 e. The van der Waals surface area contributed by atoms with Gasteiger partial charge in [-0.05, 0) is 28.7 Å². The summed E-state index contributed by atoms with van der Waals surface area (Å²) in [5.41, 5.74) is 4.80. The van der Waals surface area contributed by atoms with Gasteiger partial charge in [0.05, 0.1) is 145 Å². The van der Waals surface area contributed by atoms with Crippen LogP contribution in [-0.2, 0) is 61.6 Å². The first-order valence-corrected chi connectivity index (χ1v) is 20.0. The predicted octanol–water partition coefficient (Wildman–Crippen LogP) is 4.26. The highest BCUT2D eigenvalue weighted by molar-refractivity contribution is 5.79. The normalized spacial score (nSPS) is 12.1. The van der Waals surface area contributed by atoms with Crippen molar-refractivity contribution in [1.29, 1.82) is 0 Å². The van der Waals surface area contributed by atoms with Crippen molar-refractivity contribution < 1.29 is 66.4 Å². The number of hydrogen-bond acceptors (Lipinski definition) is 14. The Labute approximate surface area is 338 Å². The van der Waals surface area contributed by atoms with Gasteiger partial charge in [-0.2, -0.15) is 0 Å². The van der Waals surface area contributed by atoms with E-state index in [1.54, 1.807) is 0 Å². The fourth-order valence-corrected chi connectivity index (χ4v) is 5.51. The van der Waals surface area contributed by atoms with Crippen LogP contribution in [-0.4, -0.2) is 171 Å². The van der Waals surface area contributed by atoms with Gasteiger partial charge in [0, 0.05) is 19.1 Å². The van der Waals surface area contributed by atoms with Gasteiger partial charge in [0.1, 0.15) is 13.2 Å². The first-order valence-electron chi connectivity index (χ1n) is 20.0. The van der Waals surface area contributed by atoms with Crippen LogP contribution < -0.4 is 5.32 Å². The summed E-state index contributed by atoms with van der Waals surface area (Å²) in [5, 5.41) is 2.81. The van der Waals surface area contributed by atoms with E-state index in [9.17, 15) is 4.79 Å². The highest BCUT2D eigenvalue weighted by Gasteiger charge is 2.28. The molecule has 3 rings (SSSR count). The molecule has 0 radical (unpaired) electrons. The quantitative estimate of drug-likeness (QED) is 0.0755. The van der Waals surface area contributed by atoms with Gasteiger partial charge in [-0.25, -0.2) is 4.79 Å². The number of benzene rings is 2. The molecule has 2 aromatic rings. The number of nitrogens with one attached hydrogen (secondary N) is 1. The molecular formula is C42H65NO14. The summed E-state index contributed by atoms with van der Waals surface area (Å²) in [6, 6.07) is 16.6. The van der Waals surface area contributed by atoms with Crippen molar-refractivity contribution in [2.24, 2.45) is 0 Å². The van der Waals surface area contributed by atoms with E-state index in [0.717, 1.165) is 0 Å². The number of ether oxygens (including phenoxy) is 13. The summed E-state index contributed by atoms with van der Waals surface area (Å²) >= 11 is 0. The zero-order chi connectivity index (χ0) is 40.1. The van der Waals surface area contributed by atoms with Crippen LogP contribution in [0.1, 0.15) is 23.5 Å². The summed E-state index contributed by atoms with van der Waals surface area (Å²) in [5.74, 6) is 0.0479. The van der Waals surface area contributed by atoms with Crippen molar-refractivity contribution in [1.82, 2.24) is 5.32 Å². The molecular weight excluding hydrogens is 742 g/mol. The van der Waals surface area contributed by atoms with Gasteiger partial charge >= 0.3 is 6.09 Å². The molecule has 1 amide bonds. The fraction of sp³-hybridized carbons (Fsp3) is 0.643. The monoisotopic (exact) mass is 807 g/mol. The summed E-state index contributed by atoms with van der Waals surface area (Å²) in [6.45, 7) is 15.7. The van der Waals surface area contributed by atoms with Crippen molar-refractivity contribution in [2.75, 3.05) is 165 Å². The van der Waals surface area contributed by atoms with E-state index in [1.165, 1.54) is 28.5 Å². The molecule has 1 aliphatic carbocycles. The van der Waals surface area contributed by atoms with Crippen molar-refractivity contribution in [2.45, 2.75) is 12.3 Å². The Hall–Kier alpha value is -3.19. The standard InChI is InChI=1S/C42H65NO14/c1-2-45-14-15-47-18-19-49-22-23-51-26-27-53-30-31-55-34-35-56-33-32-54-29-28-52-25-24-50-21-20-48-17-16-46-13-7-12-43-42(44)57-36-41-39-10-5-3-8-37(39)38-9-4-6-11-40(38)41/h2-6,8-11,41H,1,7,12-36H2,(H,43,44). The molecule has 0 saturated carbocycles. The molecule has 0 fully saturated rings. The van der Waals surface area contributed by atoms with Gasteiger partial charge in [-0.1, -0.05) is 55.1 Å². The summed E-state index contributed by atoms with van der Waals surface area (Å²) in [6.07, 6.45) is 1.66. The van der Waals surface area contributed by atoms with Crippen molar-refractivity contribution in [3.8, 4) is 11.1 Å². The number of alkyl carbamates (subject to hydrolysis) is 1. The first-order chi connectivity index (χ1) is 28.3. The maximum Gasteiger partial charge on any atom is 0.407 e. The third-order valence-electron chi connectivity index (χ3n) is 8.26. The van der Waals surface area contributed by atoms with Crippen LogP contribution in [0.5, 0.6) is 0 Å². The van der Waals surface area contributed by atoms with Crippen molar-refractivity contribution >= 4 is 6.09 Å². The molecule has 15 nitrogen and oxygen atoms in total. The predicted molar refractivity (Wildman–Crippen MR) is 213 cm³/mol. The molecule has 0 heterocycles. The lowest BCUT2D eigenvalue weighted by Gasteiger charge is -2.14. The SMILES string of the molecule is C=COCCOCCOCCOCCOCCOCCOCCOCCOCCOCCOCCOCCCNC(=O)OCC1c2ccccc2-c2ccccc21. The van der Waals surface area contributed by atoms with Crippen LogP contribution in [0.4, 0.5) is 4.79 Å². The Morgan fingerprint density at radius 1 is 0.474 bits per heavy atom. The maximum absolute atomic E-state index is 12.3. The highest BCUT2D eigenvalue weighted by Crippen LogP contribution is 2.44. The zero-order valence-electron chi connectivity index (χ0n) is 33.6. The lowest BCUT2D eigenvalue weighted by molar-refractivity contribution is -0.0278. The average Bonchev–Trinajstić information content (AvgIpc) is 3.55. The van der Waals surface area contributed by atoms with E-state index in [1.807, 2.05) is 24.3 Å². The lowest BCUT2D eigenvalue weighted by Crippen LogP contribution is -2.27. The van der Waals surface area contributed by atoms with E-state index in [4.69, 9.17) is 61.6 Å². The van der Waals surface area contributed by atoms with Crippen molar-refractivity contribution in [3.63, 3.8) is 0 Å². The zero-order valence-corrected chi connectivity index (χ0v) is 33.6. The van der Waals surface area contributed by atoms with E-state index < -0.39 is 6.09 Å². The number of hydrogen-bond donors (Lipinski definition) is 1. The first kappa shape index (κ1) is 48.2. The highest BCUT2D eigenvalue weighted by atomic mass is 16.6. The van der Waals surface area contributed by atoms with E-state index in [-0.39, 0.29) is 5.92 Å². The molecule has 0 unspecified atom stereocenters. The van der Waals surface area contributed by atoms with Crippen LogP contribution in [0.3, 0.4) is 0 Å². The molecule has 322 valence electrons. The molecule has 1 N–H and O–H groups in total. The minimum atomic E-state index is -0.416. The minimum Gasteiger partial charge on any atom is -0.499 e. The van der Waals surface area contributed by atoms with Crippen LogP contribution >= 0.6 is 0 Å². The van der Waals surface area contributed by atoms with Gasteiger partial charge in [0.25, 0.3) is 0 Å². The molecule has 0 aromatic heterocycles. The summed E-state index contributed by atoms with van der Waals surface area (Å²) in [4.78, 5) is 12.3. The van der Waals surface area contributed by atoms with Crippen LogP contribution in [0.15, 0.2) is 61.4 Å².